The number of likely N-dealkylation sites (N-methyl/N-ethyl adjacent to an activating group) is 1. The van der Waals surface area contributed by atoms with Crippen LogP contribution in [0.15, 0.2) is 24.3 Å². The summed E-state index contributed by atoms with van der Waals surface area (Å²) in [6.45, 7) is 4.32. The van der Waals surface area contributed by atoms with Gasteiger partial charge in [-0.2, -0.15) is 0 Å². The van der Waals surface area contributed by atoms with Gasteiger partial charge in [0.1, 0.15) is 5.82 Å². The van der Waals surface area contributed by atoms with Crippen molar-refractivity contribution < 1.29 is 9.13 Å². The van der Waals surface area contributed by atoms with Crippen molar-refractivity contribution in [3.05, 3.63) is 35.6 Å². The standard InChI is InChI=1S/C15H22FNO/c1-2-17-11-15(18-10-9-12-7-8-12)13-5-3-4-6-14(13)16/h3-6,12,15,17H,2,7-11H2,1H3. The van der Waals surface area contributed by atoms with Crippen molar-refractivity contribution in [2.45, 2.75) is 32.3 Å². The van der Waals surface area contributed by atoms with Crippen molar-refractivity contribution in [1.29, 1.82) is 0 Å². The lowest BCUT2D eigenvalue weighted by molar-refractivity contribution is 0.0466. The number of hydrogen-bond acceptors (Lipinski definition) is 2. The molecule has 3 heteroatoms. The molecule has 1 atom stereocenters. The van der Waals surface area contributed by atoms with Gasteiger partial charge >= 0.3 is 0 Å². The van der Waals surface area contributed by atoms with Gasteiger partial charge in [-0.1, -0.05) is 38.0 Å². The largest absolute Gasteiger partial charge is 0.372 e. The van der Waals surface area contributed by atoms with Crippen molar-refractivity contribution in [2.24, 2.45) is 5.92 Å². The molecule has 100 valence electrons. The van der Waals surface area contributed by atoms with E-state index in [1.54, 1.807) is 6.07 Å². The number of hydrogen-bond donors (Lipinski definition) is 1. The quantitative estimate of drug-likeness (QED) is 0.765. The molecule has 0 radical (unpaired) electrons. The van der Waals surface area contributed by atoms with E-state index in [-0.39, 0.29) is 11.9 Å². The Hall–Kier alpha value is -0.930. The van der Waals surface area contributed by atoms with E-state index in [0.717, 1.165) is 25.5 Å². The molecule has 0 amide bonds. The van der Waals surface area contributed by atoms with Gasteiger partial charge < -0.3 is 10.1 Å². The molecule has 0 aromatic heterocycles. The monoisotopic (exact) mass is 251 g/mol. The first kappa shape index (κ1) is 13.5. The van der Waals surface area contributed by atoms with E-state index in [9.17, 15) is 4.39 Å². The molecule has 1 aromatic carbocycles. The summed E-state index contributed by atoms with van der Waals surface area (Å²) in [5.74, 6) is 0.678. The second-order valence-corrected chi connectivity index (χ2v) is 4.92. The minimum atomic E-state index is -0.176. The van der Waals surface area contributed by atoms with E-state index >= 15 is 0 Å². The molecule has 0 heterocycles. The zero-order valence-corrected chi connectivity index (χ0v) is 11.0. The van der Waals surface area contributed by atoms with Gasteiger partial charge in [0.2, 0.25) is 0 Å². The van der Waals surface area contributed by atoms with Gasteiger partial charge in [-0.3, -0.25) is 0 Å². The number of rotatable bonds is 8. The van der Waals surface area contributed by atoms with Crippen molar-refractivity contribution in [3.63, 3.8) is 0 Å². The summed E-state index contributed by atoms with van der Waals surface area (Å²) in [6, 6.07) is 6.89. The maximum Gasteiger partial charge on any atom is 0.129 e. The third-order valence-electron chi connectivity index (χ3n) is 3.37. The summed E-state index contributed by atoms with van der Waals surface area (Å²) >= 11 is 0. The summed E-state index contributed by atoms with van der Waals surface area (Å²) in [5.41, 5.74) is 0.661. The van der Waals surface area contributed by atoms with Crippen LogP contribution in [0.5, 0.6) is 0 Å². The molecule has 1 N–H and O–H groups in total. The lowest BCUT2D eigenvalue weighted by Crippen LogP contribution is -2.24. The zero-order valence-electron chi connectivity index (χ0n) is 11.0. The third-order valence-corrected chi connectivity index (χ3v) is 3.37. The van der Waals surface area contributed by atoms with Gasteiger partial charge in [0, 0.05) is 18.7 Å². The van der Waals surface area contributed by atoms with E-state index in [2.05, 4.69) is 5.32 Å². The third kappa shape index (κ3) is 4.07. The maximum absolute atomic E-state index is 13.8. The number of nitrogens with one attached hydrogen (secondary N) is 1. The highest BCUT2D eigenvalue weighted by atomic mass is 19.1. The molecule has 1 unspecified atom stereocenters. The highest BCUT2D eigenvalue weighted by molar-refractivity contribution is 5.20. The fourth-order valence-electron chi connectivity index (χ4n) is 2.05. The molecule has 1 aliphatic rings. The molecule has 1 aromatic rings. The van der Waals surface area contributed by atoms with Crippen molar-refractivity contribution >= 4 is 0 Å². The normalized spacial score (nSPS) is 16.8. The van der Waals surface area contributed by atoms with Crippen LogP contribution in [0.1, 0.15) is 37.9 Å². The average molecular weight is 251 g/mol. The summed E-state index contributed by atoms with van der Waals surface area (Å²) in [5, 5.41) is 3.24. The lowest BCUT2D eigenvalue weighted by Gasteiger charge is -2.19. The highest BCUT2D eigenvalue weighted by Gasteiger charge is 2.22. The number of halogens is 1. The first-order valence-electron chi connectivity index (χ1n) is 6.88. The lowest BCUT2D eigenvalue weighted by atomic mass is 10.1. The Balaban J connectivity index is 1.91. The van der Waals surface area contributed by atoms with Gasteiger partial charge in [-0.25, -0.2) is 4.39 Å². The molecule has 0 bridgehead atoms. The van der Waals surface area contributed by atoms with Crippen LogP contribution in [0.25, 0.3) is 0 Å². The van der Waals surface area contributed by atoms with Crippen LogP contribution in [0, 0.1) is 11.7 Å². The van der Waals surface area contributed by atoms with E-state index in [1.807, 2.05) is 19.1 Å². The predicted molar refractivity (Wildman–Crippen MR) is 71.0 cm³/mol. The van der Waals surface area contributed by atoms with E-state index in [4.69, 9.17) is 4.74 Å². The van der Waals surface area contributed by atoms with Crippen LogP contribution in [0.4, 0.5) is 4.39 Å². The molecule has 2 nitrogen and oxygen atoms in total. The Labute approximate surface area is 109 Å². The van der Waals surface area contributed by atoms with Crippen LogP contribution in [-0.2, 0) is 4.74 Å². The Morgan fingerprint density at radius 2 is 2.17 bits per heavy atom. The minimum absolute atomic E-state index is 0.174. The van der Waals surface area contributed by atoms with Crippen LogP contribution >= 0.6 is 0 Å². The molecule has 0 aliphatic heterocycles. The topological polar surface area (TPSA) is 21.3 Å². The first-order valence-corrected chi connectivity index (χ1v) is 6.88. The molecule has 0 spiro atoms. The molecule has 1 fully saturated rings. The van der Waals surface area contributed by atoms with Gasteiger partial charge in [-0.15, -0.1) is 0 Å². The van der Waals surface area contributed by atoms with Gasteiger partial charge in [0.25, 0.3) is 0 Å². The fraction of sp³-hybridized carbons (Fsp3) is 0.600. The van der Waals surface area contributed by atoms with Gasteiger partial charge in [0.15, 0.2) is 0 Å². The summed E-state index contributed by atoms with van der Waals surface area (Å²) in [7, 11) is 0. The van der Waals surface area contributed by atoms with Crippen LogP contribution in [0.2, 0.25) is 0 Å². The smallest absolute Gasteiger partial charge is 0.129 e. The van der Waals surface area contributed by atoms with Crippen LogP contribution in [-0.4, -0.2) is 19.7 Å². The second-order valence-electron chi connectivity index (χ2n) is 4.92. The molecular formula is C15H22FNO. The minimum Gasteiger partial charge on any atom is -0.372 e. The first-order chi connectivity index (χ1) is 8.81. The zero-order chi connectivity index (χ0) is 12.8. The van der Waals surface area contributed by atoms with Crippen molar-refractivity contribution in [1.82, 2.24) is 5.32 Å². The predicted octanol–water partition coefficient (Wildman–Crippen LogP) is 3.29. The van der Waals surface area contributed by atoms with Crippen LogP contribution in [0.3, 0.4) is 0 Å². The molecule has 1 saturated carbocycles. The van der Waals surface area contributed by atoms with E-state index in [1.165, 1.54) is 18.9 Å². The molecule has 0 saturated heterocycles. The molecular weight excluding hydrogens is 229 g/mol. The average Bonchev–Trinajstić information content (AvgIpc) is 3.19. The van der Waals surface area contributed by atoms with Crippen molar-refractivity contribution in [3.8, 4) is 0 Å². The summed E-state index contributed by atoms with van der Waals surface area (Å²) in [6.07, 6.45) is 3.60. The Kier molecular flexibility index (Phi) is 5.14. The van der Waals surface area contributed by atoms with Crippen LogP contribution < -0.4 is 5.32 Å². The maximum atomic E-state index is 13.8. The number of benzene rings is 1. The Morgan fingerprint density at radius 1 is 1.39 bits per heavy atom. The number of ether oxygens (including phenoxy) is 1. The molecule has 2 rings (SSSR count). The highest BCUT2D eigenvalue weighted by Crippen LogP contribution is 2.32. The van der Waals surface area contributed by atoms with E-state index in [0.29, 0.717) is 12.1 Å². The van der Waals surface area contributed by atoms with Gasteiger partial charge in [-0.05, 0) is 24.9 Å². The van der Waals surface area contributed by atoms with Crippen molar-refractivity contribution in [2.75, 3.05) is 19.7 Å². The molecule has 1 aliphatic carbocycles. The Bertz CT molecular complexity index is 365. The second kappa shape index (κ2) is 6.86. The fourth-order valence-corrected chi connectivity index (χ4v) is 2.05. The summed E-state index contributed by atoms with van der Waals surface area (Å²) in [4.78, 5) is 0. The summed E-state index contributed by atoms with van der Waals surface area (Å²) < 4.78 is 19.6. The SMILES string of the molecule is CCNCC(OCCC1CC1)c1ccccc1F. The molecule has 18 heavy (non-hydrogen) atoms. The van der Waals surface area contributed by atoms with Gasteiger partial charge in [0.05, 0.1) is 6.10 Å². The Morgan fingerprint density at radius 3 is 2.83 bits per heavy atom. The van der Waals surface area contributed by atoms with E-state index < -0.39 is 0 Å².